The second kappa shape index (κ2) is 6.54. The van der Waals surface area contributed by atoms with Gasteiger partial charge in [0, 0.05) is 36.7 Å². The Morgan fingerprint density at radius 3 is 2.70 bits per heavy atom. The summed E-state index contributed by atoms with van der Waals surface area (Å²) in [6, 6.07) is 1.67. The van der Waals surface area contributed by atoms with Crippen LogP contribution in [-0.4, -0.2) is 41.8 Å². The number of likely N-dealkylation sites (tertiary alicyclic amines) is 1. The topological polar surface area (TPSA) is 62.3 Å². The van der Waals surface area contributed by atoms with E-state index < -0.39 is 0 Å². The van der Waals surface area contributed by atoms with Crippen LogP contribution in [0.5, 0.6) is 0 Å². The maximum atomic E-state index is 12.4. The number of carbonyl (C=O) groups is 2. The highest BCUT2D eigenvalue weighted by Gasteiger charge is 2.28. The fraction of sp³-hybridized carbons (Fsp3) is 0.462. The number of hydrogen-bond donors (Lipinski definition) is 1. The smallest absolute Gasteiger partial charge is 0.257 e. The quantitative estimate of drug-likeness (QED) is 0.822. The van der Waals surface area contributed by atoms with E-state index in [2.05, 4.69) is 26.2 Å². The lowest BCUT2D eigenvalue weighted by atomic mass is 9.95. The highest BCUT2D eigenvalue weighted by molar-refractivity contribution is 9.10. The van der Waals surface area contributed by atoms with Gasteiger partial charge in [-0.25, -0.2) is 4.98 Å². The number of nitrogens with one attached hydrogen (secondary N) is 1. The van der Waals surface area contributed by atoms with Gasteiger partial charge >= 0.3 is 0 Å². The van der Waals surface area contributed by atoms with Gasteiger partial charge in [-0.05, 0) is 34.8 Å². The zero-order valence-corrected chi connectivity index (χ0v) is 13.4. The lowest BCUT2D eigenvalue weighted by molar-refractivity contribution is -0.125. The second-order valence-electron chi connectivity index (χ2n) is 4.67. The molecule has 1 saturated heterocycles. The molecule has 1 aromatic rings. The zero-order valence-electron chi connectivity index (χ0n) is 11.0. The third kappa shape index (κ3) is 3.30. The Morgan fingerprint density at radius 1 is 1.45 bits per heavy atom. The summed E-state index contributed by atoms with van der Waals surface area (Å²) in [5.74, 6) is -0.112. The minimum Gasteiger partial charge on any atom is -0.359 e. The number of nitrogens with zero attached hydrogens (tertiary/aromatic N) is 2. The van der Waals surface area contributed by atoms with Crippen LogP contribution in [0.15, 0.2) is 16.7 Å². The average molecular weight is 361 g/mol. The zero-order chi connectivity index (χ0) is 14.7. The minimum absolute atomic E-state index is 0.0137. The van der Waals surface area contributed by atoms with Gasteiger partial charge in [0.25, 0.3) is 5.91 Å². The Labute approximate surface area is 130 Å². The Bertz CT molecular complexity index is 530. The first-order valence-corrected chi connectivity index (χ1v) is 7.52. The predicted octanol–water partition coefficient (Wildman–Crippen LogP) is 2.10. The number of hydrogen-bond acceptors (Lipinski definition) is 3. The van der Waals surface area contributed by atoms with E-state index in [-0.39, 0.29) is 22.9 Å². The first kappa shape index (κ1) is 15.3. The maximum Gasteiger partial charge on any atom is 0.257 e. The van der Waals surface area contributed by atoms with Crippen molar-refractivity contribution in [3.8, 4) is 0 Å². The lowest BCUT2D eigenvalue weighted by Crippen LogP contribution is -2.42. The van der Waals surface area contributed by atoms with Crippen molar-refractivity contribution in [2.45, 2.75) is 12.8 Å². The van der Waals surface area contributed by atoms with Crippen LogP contribution >= 0.6 is 27.5 Å². The van der Waals surface area contributed by atoms with E-state index >= 15 is 0 Å². The first-order chi connectivity index (χ1) is 9.52. The molecule has 0 spiro atoms. The highest BCUT2D eigenvalue weighted by atomic mass is 79.9. The summed E-state index contributed by atoms with van der Waals surface area (Å²) in [4.78, 5) is 29.6. The summed E-state index contributed by atoms with van der Waals surface area (Å²) in [7, 11) is 1.63. The van der Waals surface area contributed by atoms with Crippen molar-refractivity contribution < 1.29 is 9.59 Å². The number of amides is 2. The van der Waals surface area contributed by atoms with Crippen molar-refractivity contribution in [3.05, 3.63) is 27.5 Å². The van der Waals surface area contributed by atoms with Gasteiger partial charge in [-0.3, -0.25) is 9.59 Å². The fourth-order valence-electron chi connectivity index (χ4n) is 2.29. The molecule has 1 fully saturated rings. The second-order valence-corrected chi connectivity index (χ2v) is 5.95. The molecule has 0 bridgehead atoms. The van der Waals surface area contributed by atoms with Gasteiger partial charge in [0.05, 0.1) is 5.56 Å². The normalized spacial score (nSPS) is 16.1. The summed E-state index contributed by atoms with van der Waals surface area (Å²) < 4.78 is 0.713. The molecule has 5 nitrogen and oxygen atoms in total. The summed E-state index contributed by atoms with van der Waals surface area (Å²) in [6.07, 6.45) is 2.89. The molecule has 0 unspecified atom stereocenters. The summed E-state index contributed by atoms with van der Waals surface area (Å²) in [6.45, 7) is 1.11. The van der Waals surface area contributed by atoms with Crippen molar-refractivity contribution in [1.29, 1.82) is 0 Å². The molecule has 2 rings (SSSR count). The number of rotatable bonds is 2. The molecule has 1 aromatic heterocycles. The molecule has 0 saturated carbocycles. The van der Waals surface area contributed by atoms with E-state index in [9.17, 15) is 9.59 Å². The van der Waals surface area contributed by atoms with Crippen LogP contribution in [0.25, 0.3) is 0 Å². The van der Waals surface area contributed by atoms with Crippen LogP contribution < -0.4 is 5.32 Å². The van der Waals surface area contributed by atoms with Gasteiger partial charge in [0.1, 0.15) is 5.15 Å². The molecule has 0 atom stereocenters. The Hall–Kier alpha value is -1.14. The Kier molecular flexibility index (Phi) is 4.99. The van der Waals surface area contributed by atoms with E-state index in [1.165, 1.54) is 0 Å². The summed E-state index contributed by atoms with van der Waals surface area (Å²) in [5, 5.41) is 2.85. The van der Waals surface area contributed by atoms with Crippen molar-refractivity contribution in [2.24, 2.45) is 5.92 Å². The van der Waals surface area contributed by atoms with Gasteiger partial charge in [0.2, 0.25) is 5.91 Å². The minimum atomic E-state index is -0.140. The van der Waals surface area contributed by atoms with E-state index in [4.69, 9.17) is 11.6 Å². The SMILES string of the molecule is CNC(=O)C1CCN(C(=O)c2cc(Br)cnc2Cl)CC1. The third-order valence-electron chi connectivity index (χ3n) is 3.44. The number of halogens is 2. The van der Waals surface area contributed by atoms with E-state index in [1.807, 2.05) is 0 Å². The molecular formula is C13H15BrClN3O2. The van der Waals surface area contributed by atoms with Gasteiger partial charge in [-0.1, -0.05) is 11.6 Å². The average Bonchev–Trinajstić information content (AvgIpc) is 2.48. The lowest BCUT2D eigenvalue weighted by Gasteiger charge is -2.31. The summed E-state index contributed by atoms with van der Waals surface area (Å²) >= 11 is 9.25. The number of pyridine rings is 1. The van der Waals surface area contributed by atoms with E-state index in [1.54, 1.807) is 24.2 Å². The first-order valence-electron chi connectivity index (χ1n) is 6.35. The van der Waals surface area contributed by atoms with Crippen LogP contribution in [0.2, 0.25) is 5.15 Å². The standard InChI is InChI=1S/C13H15BrClN3O2/c1-16-12(19)8-2-4-18(5-3-8)13(20)10-6-9(14)7-17-11(10)15/h6-8H,2-5H2,1H3,(H,16,19). The van der Waals surface area contributed by atoms with Crippen molar-refractivity contribution in [3.63, 3.8) is 0 Å². The van der Waals surface area contributed by atoms with Gasteiger partial charge in [-0.2, -0.15) is 0 Å². The predicted molar refractivity (Wildman–Crippen MR) is 79.6 cm³/mol. The molecule has 20 heavy (non-hydrogen) atoms. The molecule has 108 valence electrons. The molecule has 7 heteroatoms. The number of piperidine rings is 1. The van der Waals surface area contributed by atoms with Crippen LogP contribution in [0, 0.1) is 5.92 Å². The van der Waals surface area contributed by atoms with Gasteiger partial charge in [-0.15, -0.1) is 0 Å². The molecule has 2 heterocycles. The molecule has 2 amide bonds. The van der Waals surface area contributed by atoms with E-state index in [0.717, 1.165) is 0 Å². The largest absolute Gasteiger partial charge is 0.359 e. The van der Waals surface area contributed by atoms with Gasteiger partial charge in [0.15, 0.2) is 0 Å². The van der Waals surface area contributed by atoms with Crippen LogP contribution in [0.3, 0.4) is 0 Å². The highest BCUT2D eigenvalue weighted by Crippen LogP contribution is 2.23. The molecule has 1 N–H and O–H groups in total. The van der Waals surface area contributed by atoms with Crippen LogP contribution in [0.4, 0.5) is 0 Å². The van der Waals surface area contributed by atoms with Crippen LogP contribution in [0.1, 0.15) is 23.2 Å². The van der Waals surface area contributed by atoms with Crippen molar-refractivity contribution in [2.75, 3.05) is 20.1 Å². The Balaban J connectivity index is 2.05. The van der Waals surface area contributed by atoms with Crippen molar-refractivity contribution >= 4 is 39.3 Å². The molecule has 0 aromatic carbocycles. The monoisotopic (exact) mass is 359 g/mol. The van der Waals surface area contributed by atoms with E-state index in [0.29, 0.717) is 36.0 Å². The molecule has 1 aliphatic rings. The molecule has 0 aliphatic carbocycles. The number of aromatic nitrogens is 1. The third-order valence-corrected chi connectivity index (χ3v) is 4.17. The summed E-state index contributed by atoms with van der Waals surface area (Å²) in [5.41, 5.74) is 0.388. The Morgan fingerprint density at radius 2 is 2.10 bits per heavy atom. The fourth-order valence-corrected chi connectivity index (χ4v) is 2.81. The molecule has 1 aliphatic heterocycles. The maximum absolute atomic E-state index is 12.4. The molecule has 0 radical (unpaired) electrons. The van der Waals surface area contributed by atoms with Gasteiger partial charge < -0.3 is 10.2 Å². The molecular weight excluding hydrogens is 346 g/mol. The van der Waals surface area contributed by atoms with Crippen LogP contribution in [-0.2, 0) is 4.79 Å². The number of carbonyl (C=O) groups excluding carboxylic acids is 2. The van der Waals surface area contributed by atoms with Crippen molar-refractivity contribution in [1.82, 2.24) is 15.2 Å².